The van der Waals surface area contributed by atoms with Gasteiger partial charge in [0.05, 0.1) is 21.3 Å². The number of carboxylic acid groups (broad SMARTS) is 1. The van der Waals surface area contributed by atoms with Crippen LogP contribution in [0.3, 0.4) is 0 Å². The van der Waals surface area contributed by atoms with Crippen LogP contribution in [0.15, 0.2) is 47.3 Å². The van der Waals surface area contributed by atoms with Gasteiger partial charge in [-0.1, -0.05) is 23.7 Å². The third-order valence-corrected chi connectivity index (χ3v) is 4.67. The number of aromatic nitrogens is 1. The van der Waals surface area contributed by atoms with Crippen molar-refractivity contribution in [2.24, 2.45) is 0 Å². The lowest BCUT2D eigenvalue weighted by Crippen LogP contribution is -2.14. The summed E-state index contributed by atoms with van der Waals surface area (Å²) in [6, 6.07) is 12.3. The van der Waals surface area contributed by atoms with E-state index in [0.717, 1.165) is 8.27 Å². The van der Waals surface area contributed by atoms with Gasteiger partial charge in [0.2, 0.25) is 0 Å². The van der Waals surface area contributed by atoms with Crippen LogP contribution in [0.25, 0.3) is 15.8 Å². The molecular formula is C14H8INO3S. The quantitative estimate of drug-likeness (QED) is 0.675. The number of rotatable bonds is 2. The molecular weight excluding hydrogens is 389 g/mol. The fraction of sp³-hybridized carbons (Fsp3) is 0. The molecule has 0 saturated carbocycles. The molecule has 100 valence electrons. The molecule has 20 heavy (non-hydrogen) atoms. The highest BCUT2D eigenvalue weighted by Gasteiger charge is 2.16. The fourth-order valence-corrected chi connectivity index (χ4v) is 3.51. The number of carbonyl (C=O) groups is 1. The van der Waals surface area contributed by atoms with Crippen molar-refractivity contribution >= 4 is 50.2 Å². The minimum absolute atomic E-state index is 0.130. The van der Waals surface area contributed by atoms with E-state index in [1.165, 1.54) is 15.5 Å². The first-order chi connectivity index (χ1) is 9.58. The van der Waals surface area contributed by atoms with Crippen LogP contribution in [0.4, 0.5) is 0 Å². The van der Waals surface area contributed by atoms with Gasteiger partial charge < -0.3 is 5.11 Å². The van der Waals surface area contributed by atoms with Crippen LogP contribution >= 0.6 is 34.1 Å². The largest absolute Gasteiger partial charge is 0.478 e. The molecule has 1 aromatic heterocycles. The summed E-state index contributed by atoms with van der Waals surface area (Å²) in [4.78, 5) is 23.7. The van der Waals surface area contributed by atoms with Crippen LogP contribution in [0.1, 0.15) is 10.4 Å². The number of hydrogen-bond donors (Lipinski definition) is 1. The van der Waals surface area contributed by atoms with Crippen LogP contribution in [-0.4, -0.2) is 15.0 Å². The Kier molecular flexibility index (Phi) is 3.35. The lowest BCUT2D eigenvalue weighted by molar-refractivity contribution is 0.0697. The maximum atomic E-state index is 12.4. The second-order valence-electron chi connectivity index (χ2n) is 4.15. The zero-order valence-electron chi connectivity index (χ0n) is 10.0. The maximum Gasteiger partial charge on any atom is 0.337 e. The van der Waals surface area contributed by atoms with Crippen LogP contribution in [0, 0.1) is 3.57 Å². The van der Waals surface area contributed by atoms with Gasteiger partial charge in [-0.3, -0.25) is 4.79 Å². The summed E-state index contributed by atoms with van der Waals surface area (Å²) in [6.07, 6.45) is 0. The Balaban J connectivity index is 2.34. The van der Waals surface area contributed by atoms with E-state index in [1.54, 1.807) is 30.3 Å². The summed E-state index contributed by atoms with van der Waals surface area (Å²) in [6.45, 7) is 0. The molecule has 0 aliphatic carbocycles. The number of hydrogen-bond acceptors (Lipinski definition) is 3. The Hall–Kier alpha value is -1.67. The SMILES string of the molecule is O=C(O)c1cc(I)ccc1-n1sc2ccccc2c1=O. The van der Waals surface area contributed by atoms with Crippen molar-refractivity contribution in [2.75, 3.05) is 0 Å². The summed E-state index contributed by atoms with van der Waals surface area (Å²) in [5.41, 5.74) is 0.351. The van der Waals surface area contributed by atoms with E-state index < -0.39 is 5.97 Å². The number of benzene rings is 2. The van der Waals surface area contributed by atoms with Crippen molar-refractivity contribution in [3.8, 4) is 5.69 Å². The van der Waals surface area contributed by atoms with Gasteiger partial charge in [0.1, 0.15) is 0 Å². The topological polar surface area (TPSA) is 59.3 Å². The Morgan fingerprint density at radius 2 is 1.95 bits per heavy atom. The molecule has 0 fully saturated rings. The smallest absolute Gasteiger partial charge is 0.337 e. The van der Waals surface area contributed by atoms with Gasteiger partial charge in [0.15, 0.2) is 0 Å². The molecule has 0 amide bonds. The van der Waals surface area contributed by atoms with Gasteiger partial charge in [-0.2, -0.15) is 0 Å². The van der Waals surface area contributed by atoms with Gasteiger partial charge in [-0.15, -0.1) is 0 Å². The summed E-state index contributed by atoms with van der Waals surface area (Å²) in [5.74, 6) is -1.04. The molecule has 3 rings (SSSR count). The number of halogens is 1. The lowest BCUT2D eigenvalue weighted by atomic mass is 10.2. The highest BCUT2D eigenvalue weighted by Crippen LogP contribution is 2.23. The lowest BCUT2D eigenvalue weighted by Gasteiger charge is -2.05. The molecule has 0 spiro atoms. The first-order valence-electron chi connectivity index (χ1n) is 5.72. The van der Waals surface area contributed by atoms with Gasteiger partial charge in [0, 0.05) is 3.57 Å². The number of nitrogens with zero attached hydrogens (tertiary/aromatic N) is 1. The predicted octanol–water partition coefficient (Wildman–Crippen LogP) is 3.36. The minimum Gasteiger partial charge on any atom is -0.478 e. The Morgan fingerprint density at radius 3 is 2.65 bits per heavy atom. The molecule has 0 aliphatic heterocycles. The zero-order chi connectivity index (χ0) is 14.3. The average Bonchev–Trinajstić information content (AvgIpc) is 2.76. The first-order valence-corrected chi connectivity index (χ1v) is 7.57. The second-order valence-corrected chi connectivity index (χ2v) is 6.39. The number of fused-ring (bicyclic) bond motifs is 1. The van der Waals surface area contributed by atoms with E-state index in [-0.39, 0.29) is 11.1 Å². The van der Waals surface area contributed by atoms with Crippen LogP contribution in [-0.2, 0) is 0 Å². The standard InChI is InChI=1S/C14H8INO3S/c15-8-5-6-11(10(7-8)14(18)19)16-13(17)9-3-1-2-4-12(9)20-16/h1-7H,(H,18,19). The Bertz CT molecular complexity index is 882. The van der Waals surface area contributed by atoms with Crippen LogP contribution < -0.4 is 5.56 Å². The summed E-state index contributed by atoms with van der Waals surface area (Å²) < 4.78 is 3.09. The predicted molar refractivity (Wildman–Crippen MR) is 87.1 cm³/mol. The molecule has 0 unspecified atom stereocenters. The third-order valence-electron chi connectivity index (χ3n) is 2.90. The number of aromatic carboxylic acids is 1. The fourth-order valence-electron chi connectivity index (χ4n) is 1.99. The van der Waals surface area contributed by atoms with Crippen LogP contribution in [0.2, 0.25) is 0 Å². The monoisotopic (exact) mass is 397 g/mol. The number of carboxylic acids is 1. The summed E-state index contributed by atoms with van der Waals surface area (Å²) >= 11 is 3.30. The first kappa shape index (κ1) is 13.3. The molecule has 2 aromatic carbocycles. The molecule has 6 heteroatoms. The molecule has 0 saturated heterocycles. The van der Waals surface area contributed by atoms with Crippen molar-refractivity contribution in [1.29, 1.82) is 0 Å². The normalized spacial score (nSPS) is 10.8. The van der Waals surface area contributed by atoms with Gasteiger partial charge in [-0.25, -0.2) is 8.75 Å². The minimum atomic E-state index is -1.04. The average molecular weight is 397 g/mol. The summed E-state index contributed by atoms with van der Waals surface area (Å²) in [7, 11) is 0. The van der Waals surface area contributed by atoms with E-state index in [4.69, 9.17) is 0 Å². The third kappa shape index (κ3) is 2.14. The molecule has 1 N–H and O–H groups in total. The highest BCUT2D eigenvalue weighted by molar-refractivity contribution is 14.1. The van der Waals surface area contributed by atoms with Crippen molar-refractivity contribution in [2.45, 2.75) is 0 Å². The van der Waals surface area contributed by atoms with E-state index in [0.29, 0.717) is 11.1 Å². The van der Waals surface area contributed by atoms with Gasteiger partial charge in [0.25, 0.3) is 5.56 Å². The zero-order valence-corrected chi connectivity index (χ0v) is 13.0. The molecule has 0 bridgehead atoms. The van der Waals surface area contributed by atoms with E-state index in [9.17, 15) is 14.7 Å². The van der Waals surface area contributed by atoms with Crippen LogP contribution in [0.5, 0.6) is 0 Å². The molecule has 0 radical (unpaired) electrons. The van der Waals surface area contributed by atoms with E-state index >= 15 is 0 Å². The Labute approximate surface area is 131 Å². The Morgan fingerprint density at radius 1 is 1.20 bits per heavy atom. The summed E-state index contributed by atoms with van der Waals surface area (Å²) in [5, 5.41) is 9.91. The second kappa shape index (κ2) is 5.02. The molecule has 0 atom stereocenters. The van der Waals surface area contributed by atoms with Crippen molar-refractivity contribution < 1.29 is 9.90 Å². The van der Waals surface area contributed by atoms with Crippen molar-refractivity contribution in [1.82, 2.24) is 3.96 Å². The van der Waals surface area contributed by atoms with Crippen molar-refractivity contribution in [3.05, 3.63) is 62.0 Å². The molecule has 1 heterocycles. The highest BCUT2D eigenvalue weighted by atomic mass is 127. The van der Waals surface area contributed by atoms with Gasteiger partial charge in [-0.05, 0) is 52.9 Å². The maximum absolute atomic E-state index is 12.4. The van der Waals surface area contributed by atoms with E-state index in [1.807, 2.05) is 12.1 Å². The molecule has 3 aromatic rings. The van der Waals surface area contributed by atoms with Crippen molar-refractivity contribution in [3.63, 3.8) is 0 Å². The molecule has 4 nitrogen and oxygen atoms in total. The van der Waals surface area contributed by atoms with E-state index in [2.05, 4.69) is 22.6 Å². The van der Waals surface area contributed by atoms with Gasteiger partial charge >= 0.3 is 5.97 Å². The molecule has 0 aliphatic rings.